The summed E-state index contributed by atoms with van der Waals surface area (Å²) in [6, 6.07) is 12.2. The third-order valence-corrected chi connectivity index (χ3v) is 4.00. The average molecular weight is 315 g/mol. The average Bonchev–Trinajstić information content (AvgIpc) is 2.62. The number of hydrogen-bond donors (Lipinski definition) is 1. The fraction of sp³-hybridized carbons (Fsp3) is 0.389. The summed E-state index contributed by atoms with van der Waals surface area (Å²) in [5.74, 6) is 0.721. The lowest BCUT2D eigenvalue weighted by molar-refractivity contribution is -0.147. The lowest BCUT2D eigenvalue weighted by atomic mass is 10.0. The maximum atomic E-state index is 12.1. The van der Waals surface area contributed by atoms with E-state index >= 15 is 0 Å². The predicted molar refractivity (Wildman–Crippen MR) is 87.8 cm³/mol. The van der Waals surface area contributed by atoms with Crippen LogP contribution in [0.2, 0.25) is 0 Å². The number of carbonyl (C=O) groups excluding carboxylic acids is 1. The highest BCUT2D eigenvalue weighted by molar-refractivity contribution is 5.88. The van der Waals surface area contributed by atoms with Gasteiger partial charge in [-0.25, -0.2) is 0 Å². The summed E-state index contributed by atoms with van der Waals surface area (Å²) >= 11 is 0. The number of hydrogen-bond acceptors (Lipinski definition) is 4. The number of rotatable bonds is 5. The standard InChI is InChI=1S/C18H21NO4/c1-21-16-7-6-13-4-2-3-5-14(13)15(16)8-9-19-18(20)17-12-22-10-11-23-17/h2-7,17H,8-12H2,1H3,(H,19,20). The van der Waals surface area contributed by atoms with Gasteiger partial charge in [0.1, 0.15) is 5.75 Å². The normalized spacial score (nSPS) is 17.9. The maximum absolute atomic E-state index is 12.1. The molecule has 0 bridgehead atoms. The summed E-state index contributed by atoms with van der Waals surface area (Å²) in [6.45, 7) is 1.87. The summed E-state index contributed by atoms with van der Waals surface area (Å²) < 4.78 is 16.1. The molecule has 1 amide bonds. The zero-order chi connectivity index (χ0) is 16.1. The third-order valence-electron chi connectivity index (χ3n) is 4.00. The predicted octanol–water partition coefficient (Wildman–Crippen LogP) is 1.92. The zero-order valence-corrected chi connectivity index (χ0v) is 13.2. The Hall–Kier alpha value is -2.11. The first-order valence-electron chi connectivity index (χ1n) is 7.81. The van der Waals surface area contributed by atoms with E-state index < -0.39 is 6.10 Å². The van der Waals surface area contributed by atoms with Gasteiger partial charge < -0.3 is 19.5 Å². The van der Waals surface area contributed by atoms with E-state index in [0.717, 1.165) is 16.7 Å². The van der Waals surface area contributed by atoms with Gasteiger partial charge in [0.25, 0.3) is 5.91 Å². The van der Waals surface area contributed by atoms with Gasteiger partial charge in [0.15, 0.2) is 6.10 Å². The fourth-order valence-electron chi connectivity index (χ4n) is 2.83. The van der Waals surface area contributed by atoms with Gasteiger partial charge in [0, 0.05) is 12.1 Å². The molecule has 3 rings (SSSR count). The molecule has 0 radical (unpaired) electrons. The number of ether oxygens (including phenoxy) is 3. The van der Waals surface area contributed by atoms with E-state index in [0.29, 0.717) is 32.8 Å². The summed E-state index contributed by atoms with van der Waals surface area (Å²) in [4.78, 5) is 12.1. The number of fused-ring (bicyclic) bond motifs is 1. The second-order valence-electron chi connectivity index (χ2n) is 5.44. The second kappa shape index (κ2) is 7.44. The highest BCUT2D eigenvalue weighted by Crippen LogP contribution is 2.28. The highest BCUT2D eigenvalue weighted by Gasteiger charge is 2.22. The molecular weight excluding hydrogens is 294 g/mol. The van der Waals surface area contributed by atoms with E-state index in [-0.39, 0.29) is 5.91 Å². The largest absolute Gasteiger partial charge is 0.496 e. The van der Waals surface area contributed by atoms with Crippen molar-refractivity contribution >= 4 is 16.7 Å². The molecule has 1 fully saturated rings. The maximum Gasteiger partial charge on any atom is 0.251 e. The van der Waals surface area contributed by atoms with Gasteiger partial charge in [-0.1, -0.05) is 30.3 Å². The van der Waals surface area contributed by atoms with Crippen LogP contribution in [0.4, 0.5) is 0 Å². The van der Waals surface area contributed by atoms with Crippen molar-refractivity contribution in [2.45, 2.75) is 12.5 Å². The van der Waals surface area contributed by atoms with Crippen molar-refractivity contribution in [1.29, 1.82) is 0 Å². The van der Waals surface area contributed by atoms with Crippen LogP contribution in [0.5, 0.6) is 5.75 Å². The molecule has 0 aliphatic carbocycles. The van der Waals surface area contributed by atoms with Gasteiger partial charge in [-0.15, -0.1) is 0 Å². The first kappa shape index (κ1) is 15.8. The van der Waals surface area contributed by atoms with Crippen LogP contribution >= 0.6 is 0 Å². The number of nitrogens with one attached hydrogen (secondary N) is 1. The van der Waals surface area contributed by atoms with Gasteiger partial charge in [-0.3, -0.25) is 4.79 Å². The smallest absolute Gasteiger partial charge is 0.251 e. The van der Waals surface area contributed by atoms with Crippen molar-refractivity contribution in [3.63, 3.8) is 0 Å². The summed E-state index contributed by atoms with van der Waals surface area (Å²) in [5.41, 5.74) is 1.10. The fourth-order valence-corrected chi connectivity index (χ4v) is 2.83. The van der Waals surface area contributed by atoms with E-state index in [9.17, 15) is 4.79 Å². The summed E-state index contributed by atoms with van der Waals surface area (Å²) in [7, 11) is 1.67. The Morgan fingerprint density at radius 1 is 1.26 bits per heavy atom. The quantitative estimate of drug-likeness (QED) is 0.916. The van der Waals surface area contributed by atoms with E-state index in [1.54, 1.807) is 7.11 Å². The van der Waals surface area contributed by atoms with Gasteiger partial charge in [0.05, 0.1) is 26.9 Å². The summed E-state index contributed by atoms with van der Waals surface area (Å²) in [5, 5.41) is 5.23. The second-order valence-corrected chi connectivity index (χ2v) is 5.44. The minimum absolute atomic E-state index is 0.121. The summed E-state index contributed by atoms with van der Waals surface area (Å²) in [6.07, 6.45) is 0.197. The molecule has 0 aromatic heterocycles. The van der Waals surface area contributed by atoms with Crippen LogP contribution in [0.1, 0.15) is 5.56 Å². The van der Waals surface area contributed by atoms with Crippen LogP contribution in [0.15, 0.2) is 36.4 Å². The minimum Gasteiger partial charge on any atom is -0.496 e. The molecule has 23 heavy (non-hydrogen) atoms. The first-order chi connectivity index (χ1) is 11.3. The van der Waals surface area contributed by atoms with E-state index in [1.165, 1.54) is 5.39 Å². The zero-order valence-electron chi connectivity index (χ0n) is 13.2. The molecule has 1 aliphatic heterocycles. The Morgan fingerprint density at radius 2 is 2.13 bits per heavy atom. The van der Waals surface area contributed by atoms with Crippen molar-refractivity contribution in [1.82, 2.24) is 5.32 Å². The molecule has 2 aromatic carbocycles. The van der Waals surface area contributed by atoms with Crippen LogP contribution in [0.3, 0.4) is 0 Å². The molecule has 1 atom stereocenters. The molecule has 122 valence electrons. The number of carbonyl (C=O) groups is 1. The molecule has 5 nitrogen and oxygen atoms in total. The number of methoxy groups -OCH3 is 1. The van der Waals surface area contributed by atoms with Crippen molar-refractivity contribution in [2.75, 3.05) is 33.5 Å². The van der Waals surface area contributed by atoms with Gasteiger partial charge >= 0.3 is 0 Å². The van der Waals surface area contributed by atoms with E-state index in [1.807, 2.05) is 24.3 Å². The van der Waals surface area contributed by atoms with E-state index in [4.69, 9.17) is 14.2 Å². The molecule has 1 saturated heterocycles. The number of amides is 1. The van der Waals surface area contributed by atoms with Crippen LogP contribution in [-0.2, 0) is 20.7 Å². The third kappa shape index (κ3) is 3.63. The highest BCUT2D eigenvalue weighted by atomic mass is 16.6. The first-order valence-corrected chi connectivity index (χ1v) is 7.81. The van der Waals surface area contributed by atoms with Crippen molar-refractivity contribution in [3.05, 3.63) is 42.0 Å². The van der Waals surface area contributed by atoms with Crippen molar-refractivity contribution in [2.24, 2.45) is 0 Å². The van der Waals surface area contributed by atoms with Crippen molar-refractivity contribution < 1.29 is 19.0 Å². The molecule has 0 spiro atoms. The van der Waals surface area contributed by atoms with Gasteiger partial charge in [-0.05, 0) is 23.3 Å². The van der Waals surface area contributed by atoms with Gasteiger partial charge in [0.2, 0.25) is 0 Å². The Labute approximate surface area is 135 Å². The topological polar surface area (TPSA) is 56.8 Å². The molecule has 1 aliphatic rings. The van der Waals surface area contributed by atoms with E-state index in [2.05, 4.69) is 17.4 Å². The molecule has 1 heterocycles. The Kier molecular flexibility index (Phi) is 5.10. The SMILES string of the molecule is COc1ccc2ccccc2c1CCNC(=O)C1COCCO1. The Morgan fingerprint density at radius 3 is 2.91 bits per heavy atom. The van der Waals surface area contributed by atoms with Crippen LogP contribution in [0.25, 0.3) is 10.8 Å². The lowest BCUT2D eigenvalue weighted by Gasteiger charge is -2.22. The Balaban J connectivity index is 1.67. The van der Waals surface area contributed by atoms with Crippen molar-refractivity contribution in [3.8, 4) is 5.75 Å². The molecular formula is C18H21NO4. The van der Waals surface area contributed by atoms with Crippen LogP contribution in [-0.4, -0.2) is 45.5 Å². The lowest BCUT2D eigenvalue weighted by Crippen LogP contribution is -2.43. The minimum atomic E-state index is -0.502. The van der Waals surface area contributed by atoms with Gasteiger partial charge in [-0.2, -0.15) is 0 Å². The van der Waals surface area contributed by atoms with Crippen LogP contribution in [0, 0.1) is 0 Å². The Bertz CT molecular complexity index is 680. The monoisotopic (exact) mass is 315 g/mol. The molecule has 1 N–H and O–H groups in total. The molecule has 5 heteroatoms. The molecule has 2 aromatic rings. The molecule has 1 unspecified atom stereocenters. The van der Waals surface area contributed by atoms with Crippen LogP contribution < -0.4 is 10.1 Å². The molecule has 0 saturated carbocycles. The number of benzene rings is 2.